The van der Waals surface area contributed by atoms with Crippen molar-refractivity contribution in [2.75, 3.05) is 32.2 Å². The number of ether oxygens (including phenoxy) is 2. The van der Waals surface area contributed by atoms with Gasteiger partial charge >= 0.3 is 0 Å². The van der Waals surface area contributed by atoms with Crippen molar-refractivity contribution in [3.05, 3.63) is 51.6 Å². The summed E-state index contributed by atoms with van der Waals surface area (Å²) in [7, 11) is 3.28. The minimum absolute atomic E-state index is 0.0562. The third-order valence-electron chi connectivity index (χ3n) is 4.71. The Labute approximate surface area is 158 Å². The van der Waals surface area contributed by atoms with Gasteiger partial charge in [0.2, 0.25) is 0 Å². The molecule has 0 saturated carbocycles. The zero-order valence-corrected chi connectivity index (χ0v) is 15.8. The van der Waals surface area contributed by atoms with Gasteiger partial charge in [0.05, 0.1) is 30.5 Å². The average molecular weight is 369 g/mol. The summed E-state index contributed by atoms with van der Waals surface area (Å²) < 4.78 is 11.1. The van der Waals surface area contributed by atoms with Crippen LogP contribution in [0, 0.1) is 17.0 Å². The van der Waals surface area contributed by atoms with E-state index in [1.165, 1.54) is 25.0 Å². The molecule has 0 aliphatic carbocycles. The van der Waals surface area contributed by atoms with Crippen LogP contribution in [-0.2, 0) is 0 Å². The lowest BCUT2D eigenvalue weighted by molar-refractivity contribution is -0.384. The van der Waals surface area contributed by atoms with Gasteiger partial charge < -0.3 is 14.4 Å². The van der Waals surface area contributed by atoms with Crippen molar-refractivity contribution in [1.29, 1.82) is 0 Å². The zero-order chi connectivity index (χ0) is 19.4. The summed E-state index contributed by atoms with van der Waals surface area (Å²) in [4.78, 5) is 17.2. The van der Waals surface area contributed by atoms with E-state index >= 15 is 0 Å². The van der Waals surface area contributed by atoms with E-state index in [0.29, 0.717) is 11.4 Å². The maximum atomic E-state index is 10.9. The number of nitrogens with zero attached hydrogens (tertiary/aromatic N) is 3. The third kappa shape index (κ3) is 4.02. The van der Waals surface area contributed by atoms with Gasteiger partial charge in [0, 0.05) is 43.1 Å². The normalized spacial score (nSPS) is 14.0. The molecule has 0 atom stereocenters. The number of nitro benzene ring substituents is 1. The largest absolute Gasteiger partial charge is 0.496 e. The van der Waals surface area contributed by atoms with E-state index in [9.17, 15) is 10.1 Å². The number of hydrogen-bond acceptors (Lipinski definition) is 6. The average Bonchev–Trinajstić information content (AvgIpc) is 3.20. The van der Waals surface area contributed by atoms with Crippen LogP contribution in [0.1, 0.15) is 24.0 Å². The topological polar surface area (TPSA) is 77.2 Å². The first-order chi connectivity index (χ1) is 13.0. The van der Waals surface area contributed by atoms with E-state index in [1.807, 2.05) is 12.1 Å². The fourth-order valence-corrected chi connectivity index (χ4v) is 3.25. The highest BCUT2D eigenvalue weighted by Gasteiger charge is 2.19. The number of benzene rings is 2. The molecular formula is C20H23N3O4. The molecule has 1 aliphatic heterocycles. The molecule has 142 valence electrons. The van der Waals surface area contributed by atoms with Gasteiger partial charge in [0.1, 0.15) is 11.5 Å². The van der Waals surface area contributed by atoms with Crippen LogP contribution < -0.4 is 14.4 Å². The molecule has 27 heavy (non-hydrogen) atoms. The van der Waals surface area contributed by atoms with Gasteiger partial charge in [-0.25, -0.2) is 0 Å². The summed E-state index contributed by atoms with van der Waals surface area (Å²) in [5, 5.41) is 10.9. The molecule has 1 fully saturated rings. The van der Waals surface area contributed by atoms with Gasteiger partial charge in [0.15, 0.2) is 0 Å². The van der Waals surface area contributed by atoms with Crippen molar-refractivity contribution in [2.45, 2.75) is 19.8 Å². The predicted molar refractivity (Wildman–Crippen MR) is 106 cm³/mol. The molecule has 0 N–H and O–H groups in total. The van der Waals surface area contributed by atoms with Crippen LogP contribution in [0.5, 0.6) is 11.5 Å². The zero-order valence-electron chi connectivity index (χ0n) is 15.8. The van der Waals surface area contributed by atoms with E-state index < -0.39 is 4.92 Å². The molecule has 2 aromatic rings. The molecule has 1 saturated heterocycles. The molecule has 0 unspecified atom stereocenters. The Bertz CT molecular complexity index is 874. The summed E-state index contributed by atoms with van der Waals surface area (Å²) in [6.07, 6.45) is 4.05. The Morgan fingerprint density at radius 3 is 2.41 bits per heavy atom. The van der Waals surface area contributed by atoms with Gasteiger partial charge in [-0.1, -0.05) is 0 Å². The molecule has 0 aromatic heterocycles. The lowest BCUT2D eigenvalue weighted by Gasteiger charge is -2.22. The van der Waals surface area contributed by atoms with Crippen LogP contribution in [0.3, 0.4) is 0 Å². The molecular weight excluding hydrogens is 346 g/mol. The first-order valence-corrected chi connectivity index (χ1v) is 8.83. The second-order valence-electron chi connectivity index (χ2n) is 6.45. The Kier molecular flexibility index (Phi) is 5.59. The Morgan fingerprint density at radius 1 is 1.11 bits per heavy atom. The summed E-state index contributed by atoms with van der Waals surface area (Å²) in [6.45, 7) is 3.82. The number of methoxy groups -OCH3 is 2. The van der Waals surface area contributed by atoms with Crippen molar-refractivity contribution < 1.29 is 14.4 Å². The van der Waals surface area contributed by atoms with E-state index in [2.05, 4.69) is 9.89 Å². The molecule has 3 rings (SSSR count). The molecule has 1 heterocycles. The minimum Gasteiger partial charge on any atom is -0.496 e. The van der Waals surface area contributed by atoms with Crippen LogP contribution in [-0.4, -0.2) is 38.4 Å². The fourth-order valence-electron chi connectivity index (χ4n) is 3.25. The molecule has 0 bridgehead atoms. The van der Waals surface area contributed by atoms with E-state index in [0.717, 1.165) is 35.7 Å². The monoisotopic (exact) mass is 369 g/mol. The summed E-state index contributed by atoms with van der Waals surface area (Å²) in [5.41, 5.74) is 3.27. The van der Waals surface area contributed by atoms with Crippen molar-refractivity contribution in [1.82, 2.24) is 0 Å². The maximum Gasteiger partial charge on any atom is 0.269 e. The van der Waals surface area contributed by atoms with Crippen molar-refractivity contribution in [3.63, 3.8) is 0 Å². The Hall–Kier alpha value is -3.09. The molecule has 2 aromatic carbocycles. The number of non-ortho nitro benzene ring substituents is 1. The van der Waals surface area contributed by atoms with Gasteiger partial charge in [-0.3, -0.25) is 15.1 Å². The predicted octanol–water partition coefficient (Wildman–Crippen LogP) is 4.27. The highest BCUT2D eigenvalue weighted by Crippen LogP contribution is 2.36. The highest BCUT2D eigenvalue weighted by atomic mass is 16.6. The first kappa shape index (κ1) is 18.7. The highest BCUT2D eigenvalue weighted by molar-refractivity contribution is 5.88. The van der Waals surface area contributed by atoms with Crippen molar-refractivity contribution in [3.8, 4) is 11.5 Å². The maximum absolute atomic E-state index is 10.9. The summed E-state index contributed by atoms with van der Waals surface area (Å²) >= 11 is 0. The fraction of sp³-hybridized carbons (Fsp3) is 0.350. The van der Waals surface area contributed by atoms with Crippen LogP contribution >= 0.6 is 0 Å². The molecule has 7 nitrogen and oxygen atoms in total. The van der Waals surface area contributed by atoms with E-state index in [-0.39, 0.29) is 5.69 Å². The molecule has 0 radical (unpaired) electrons. The van der Waals surface area contributed by atoms with Crippen LogP contribution in [0.25, 0.3) is 0 Å². The minimum atomic E-state index is -0.411. The quantitative estimate of drug-likeness (QED) is 0.432. The second-order valence-corrected chi connectivity index (χ2v) is 6.45. The van der Waals surface area contributed by atoms with Crippen LogP contribution in [0.15, 0.2) is 35.3 Å². The molecule has 1 aliphatic rings. The Morgan fingerprint density at radius 2 is 1.81 bits per heavy atom. The Balaban J connectivity index is 1.94. The summed E-state index contributed by atoms with van der Waals surface area (Å²) in [5.74, 6) is 1.49. The first-order valence-electron chi connectivity index (χ1n) is 8.83. The van der Waals surface area contributed by atoms with E-state index in [1.54, 1.807) is 33.4 Å². The smallest absolute Gasteiger partial charge is 0.269 e. The number of nitro groups is 1. The number of anilines is 1. The number of aliphatic imine (C=N–C) groups is 1. The van der Waals surface area contributed by atoms with E-state index in [4.69, 9.17) is 9.47 Å². The standard InChI is InChI=1S/C20H23N3O4/c1-14-10-16(23(24)25)6-7-17(14)21-13-15-11-20(27-3)18(12-19(15)26-2)22-8-4-5-9-22/h6-7,10-13H,4-5,8-9H2,1-3H3. The van der Waals surface area contributed by atoms with Gasteiger partial charge in [-0.2, -0.15) is 0 Å². The molecule has 7 heteroatoms. The molecule has 0 spiro atoms. The third-order valence-corrected chi connectivity index (χ3v) is 4.71. The van der Waals surface area contributed by atoms with Gasteiger partial charge in [-0.05, 0) is 37.5 Å². The summed E-state index contributed by atoms with van der Waals surface area (Å²) in [6, 6.07) is 8.51. The van der Waals surface area contributed by atoms with Crippen molar-refractivity contribution >= 4 is 23.3 Å². The SMILES string of the molecule is COc1cc(N2CCCC2)c(OC)cc1C=Nc1ccc([N+](=O)[O-])cc1C. The van der Waals surface area contributed by atoms with Gasteiger partial charge in [0.25, 0.3) is 5.69 Å². The second kappa shape index (κ2) is 8.07. The van der Waals surface area contributed by atoms with Gasteiger partial charge in [-0.15, -0.1) is 0 Å². The van der Waals surface area contributed by atoms with Crippen molar-refractivity contribution in [2.24, 2.45) is 4.99 Å². The number of hydrogen-bond donors (Lipinski definition) is 0. The van der Waals surface area contributed by atoms with Crippen LogP contribution in [0.2, 0.25) is 0 Å². The number of aryl methyl sites for hydroxylation is 1. The lowest BCUT2D eigenvalue weighted by atomic mass is 10.1. The number of rotatable bonds is 6. The molecule has 0 amide bonds. The van der Waals surface area contributed by atoms with Crippen LogP contribution in [0.4, 0.5) is 17.1 Å². The lowest BCUT2D eigenvalue weighted by Crippen LogP contribution is -2.18.